The standard InChI is InChI=1S/C27H34N4OS.2ClH/c1-4-5-15-27(28-25(32)26(2,3)33-27)29-16-18-30(19-17-29)31-20-23(21-11-7-6-8-12-21)22-13-9-10-14-24(22)31;;/h6-14,20H,4-5,15-19H2,1-3H3,(H,28,32);2*1H. The van der Waals surface area contributed by atoms with Gasteiger partial charge < -0.3 is 10.3 Å². The lowest BCUT2D eigenvalue weighted by Gasteiger charge is -2.46. The van der Waals surface area contributed by atoms with Gasteiger partial charge in [-0.25, -0.2) is 0 Å². The summed E-state index contributed by atoms with van der Waals surface area (Å²) in [6, 6.07) is 19.3. The highest BCUT2D eigenvalue weighted by Gasteiger charge is 2.53. The summed E-state index contributed by atoms with van der Waals surface area (Å²) in [6.07, 6.45) is 5.54. The second-order valence-corrected chi connectivity index (χ2v) is 11.6. The smallest absolute Gasteiger partial charge is 0.237 e. The quantitative estimate of drug-likeness (QED) is 0.427. The molecule has 2 aliphatic heterocycles. The summed E-state index contributed by atoms with van der Waals surface area (Å²) in [7, 11) is 0. The van der Waals surface area contributed by atoms with Gasteiger partial charge in [0, 0.05) is 43.3 Å². The summed E-state index contributed by atoms with van der Waals surface area (Å²) in [6.45, 7) is 10.0. The molecule has 2 aromatic carbocycles. The molecule has 0 saturated carbocycles. The van der Waals surface area contributed by atoms with Crippen LogP contribution in [0.2, 0.25) is 0 Å². The van der Waals surface area contributed by atoms with Gasteiger partial charge in [-0.05, 0) is 38.3 Å². The van der Waals surface area contributed by atoms with Gasteiger partial charge in [-0.3, -0.25) is 14.4 Å². The molecule has 0 spiro atoms. The van der Waals surface area contributed by atoms with Crippen LogP contribution in [0.15, 0.2) is 60.8 Å². The number of carbonyl (C=O) groups excluding carboxylic acids is 1. The van der Waals surface area contributed by atoms with Crippen LogP contribution in [0.5, 0.6) is 0 Å². The van der Waals surface area contributed by atoms with Crippen molar-refractivity contribution in [1.29, 1.82) is 0 Å². The molecule has 3 aromatic rings. The SMILES string of the molecule is CCCCC1(N2CCN(n3cc(-c4ccccc4)c4ccccc43)CC2)NC(=O)C(C)(C)S1.Cl.Cl. The number of halogens is 2. The van der Waals surface area contributed by atoms with E-state index in [2.05, 4.69) is 87.6 Å². The highest BCUT2D eigenvalue weighted by atomic mass is 35.5. The van der Waals surface area contributed by atoms with E-state index in [9.17, 15) is 4.79 Å². The first-order valence-electron chi connectivity index (χ1n) is 12.1. The van der Waals surface area contributed by atoms with Crippen molar-refractivity contribution in [3.63, 3.8) is 0 Å². The Morgan fingerprint density at radius 3 is 2.23 bits per heavy atom. The molecule has 0 bridgehead atoms. The number of unbranched alkanes of at least 4 members (excludes halogenated alkanes) is 1. The van der Waals surface area contributed by atoms with Crippen LogP contribution in [0.1, 0.15) is 40.0 Å². The van der Waals surface area contributed by atoms with Crippen molar-refractivity contribution in [2.45, 2.75) is 49.8 Å². The zero-order valence-corrected chi connectivity index (χ0v) is 23.1. The van der Waals surface area contributed by atoms with Crippen molar-refractivity contribution in [1.82, 2.24) is 14.9 Å². The predicted octanol–water partition coefficient (Wildman–Crippen LogP) is 5.89. The Kier molecular flexibility index (Phi) is 8.74. The number of fused-ring (bicyclic) bond motifs is 1. The first-order valence-corrected chi connectivity index (χ1v) is 12.9. The zero-order valence-electron chi connectivity index (χ0n) is 20.7. The van der Waals surface area contributed by atoms with Gasteiger partial charge in [0.25, 0.3) is 0 Å². The number of carbonyl (C=O) groups is 1. The van der Waals surface area contributed by atoms with Gasteiger partial charge >= 0.3 is 0 Å². The van der Waals surface area contributed by atoms with Gasteiger partial charge in [-0.15, -0.1) is 36.6 Å². The predicted molar refractivity (Wildman–Crippen MR) is 153 cm³/mol. The van der Waals surface area contributed by atoms with E-state index in [-0.39, 0.29) is 40.5 Å². The van der Waals surface area contributed by atoms with Crippen LogP contribution in [-0.4, -0.2) is 51.4 Å². The van der Waals surface area contributed by atoms with Crippen molar-refractivity contribution in [3.8, 4) is 11.1 Å². The Morgan fingerprint density at radius 2 is 1.60 bits per heavy atom. The Labute approximate surface area is 225 Å². The molecule has 5 rings (SSSR count). The molecule has 2 fully saturated rings. The molecule has 2 saturated heterocycles. The maximum absolute atomic E-state index is 12.7. The first-order chi connectivity index (χ1) is 15.9. The van der Waals surface area contributed by atoms with Gasteiger partial charge in [0.2, 0.25) is 5.91 Å². The molecule has 8 heteroatoms. The molecule has 1 N–H and O–H groups in total. The topological polar surface area (TPSA) is 40.5 Å². The largest absolute Gasteiger partial charge is 0.328 e. The molecule has 0 aliphatic carbocycles. The fourth-order valence-corrected chi connectivity index (χ4v) is 6.86. The van der Waals surface area contributed by atoms with E-state index < -0.39 is 0 Å². The zero-order chi connectivity index (χ0) is 23.1. The van der Waals surface area contributed by atoms with E-state index in [1.807, 2.05) is 25.6 Å². The highest BCUT2D eigenvalue weighted by Crippen LogP contribution is 2.46. The number of hydrogen-bond acceptors (Lipinski definition) is 4. The molecule has 2 aliphatic rings. The Morgan fingerprint density at radius 1 is 0.943 bits per heavy atom. The lowest BCUT2D eigenvalue weighted by molar-refractivity contribution is -0.124. The number of thioether (sulfide) groups is 1. The number of aromatic nitrogens is 1. The van der Waals surface area contributed by atoms with Crippen LogP contribution in [0.25, 0.3) is 22.0 Å². The number of piperazine rings is 1. The minimum absolute atomic E-state index is 0. The fraction of sp³-hybridized carbons (Fsp3) is 0.444. The van der Waals surface area contributed by atoms with Gasteiger partial charge in [-0.2, -0.15) is 0 Å². The maximum atomic E-state index is 12.7. The highest BCUT2D eigenvalue weighted by molar-refractivity contribution is 8.03. The van der Waals surface area contributed by atoms with Crippen LogP contribution < -0.4 is 10.3 Å². The molecule has 35 heavy (non-hydrogen) atoms. The van der Waals surface area contributed by atoms with Crippen molar-refractivity contribution >= 4 is 53.4 Å². The van der Waals surface area contributed by atoms with Crippen LogP contribution in [0, 0.1) is 0 Å². The molecule has 1 atom stereocenters. The van der Waals surface area contributed by atoms with E-state index in [1.165, 1.54) is 22.0 Å². The molecule has 0 radical (unpaired) electrons. The molecular formula is C27H36Cl2N4OS. The number of amides is 1. The lowest BCUT2D eigenvalue weighted by Crippen LogP contribution is -2.62. The normalized spacial score (nSPS) is 21.9. The number of hydrogen-bond donors (Lipinski definition) is 1. The van der Waals surface area contributed by atoms with E-state index in [4.69, 9.17) is 0 Å². The minimum Gasteiger partial charge on any atom is -0.328 e. The summed E-state index contributed by atoms with van der Waals surface area (Å²) in [5, 5.41) is 7.13. The number of nitrogens with zero attached hydrogens (tertiary/aromatic N) is 3. The molecule has 1 unspecified atom stereocenters. The summed E-state index contributed by atoms with van der Waals surface area (Å²) < 4.78 is 1.96. The third-order valence-corrected chi connectivity index (χ3v) is 8.60. The second-order valence-electron chi connectivity index (χ2n) is 9.67. The lowest BCUT2D eigenvalue weighted by atomic mass is 10.1. The third-order valence-electron chi connectivity index (χ3n) is 7.00. The fourth-order valence-electron chi connectivity index (χ4n) is 5.17. The summed E-state index contributed by atoms with van der Waals surface area (Å²) in [5.74, 6) is 0.162. The van der Waals surface area contributed by atoms with E-state index >= 15 is 0 Å². The van der Waals surface area contributed by atoms with Crippen LogP contribution >= 0.6 is 36.6 Å². The molecule has 1 aromatic heterocycles. The first kappa shape index (κ1) is 27.7. The maximum Gasteiger partial charge on any atom is 0.237 e. The molecule has 5 nitrogen and oxygen atoms in total. The van der Waals surface area contributed by atoms with E-state index in [1.54, 1.807) is 0 Å². The Bertz CT molecular complexity index is 1140. The van der Waals surface area contributed by atoms with Crippen LogP contribution in [0.4, 0.5) is 0 Å². The van der Waals surface area contributed by atoms with E-state index in [0.29, 0.717) is 0 Å². The molecule has 1 amide bonds. The van der Waals surface area contributed by atoms with Gasteiger partial charge in [0.05, 0.1) is 10.3 Å². The summed E-state index contributed by atoms with van der Waals surface area (Å²) in [4.78, 5) is 14.9. The Balaban J connectivity index is 0.00000171. The third kappa shape index (κ3) is 5.17. The molecule has 3 heterocycles. The van der Waals surface area contributed by atoms with Crippen molar-refractivity contribution < 1.29 is 4.79 Å². The Hall–Kier alpha value is -1.86. The number of nitrogens with one attached hydrogen (secondary N) is 1. The summed E-state index contributed by atoms with van der Waals surface area (Å²) >= 11 is 1.81. The van der Waals surface area contributed by atoms with Crippen LogP contribution in [-0.2, 0) is 4.79 Å². The number of benzene rings is 2. The van der Waals surface area contributed by atoms with Gasteiger partial charge in [-0.1, -0.05) is 61.9 Å². The summed E-state index contributed by atoms with van der Waals surface area (Å²) in [5.41, 5.74) is 3.76. The van der Waals surface area contributed by atoms with Crippen molar-refractivity contribution in [2.75, 3.05) is 31.2 Å². The average molecular weight is 536 g/mol. The number of rotatable bonds is 6. The molecule has 190 valence electrons. The van der Waals surface area contributed by atoms with Crippen molar-refractivity contribution in [2.24, 2.45) is 0 Å². The van der Waals surface area contributed by atoms with E-state index in [0.717, 1.165) is 45.4 Å². The van der Waals surface area contributed by atoms with Crippen LogP contribution in [0.3, 0.4) is 0 Å². The van der Waals surface area contributed by atoms with Gasteiger partial charge in [0.15, 0.2) is 0 Å². The second kappa shape index (κ2) is 11.0. The minimum atomic E-state index is -0.383. The monoisotopic (exact) mass is 534 g/mol. The number of para-hydroxylation sites is 1. The van der Waals surface area contributed by atoms with Crippen molar-refractivity contribution in [3.05, 3.63) is 60.8 Å². The van der Waals surface area contributed by atoms with Gasteiger partial charge in [0.1, 0.15) is 4.99 Å². The molecular weight excluding hydrogens is 499 g/mol. The average Bonchev–Trinajstić information content (AvgIpc) is 3.33.